The molecule has 3 rings (SSSR count). The molecule has 0 unspecified atom stereocenters. The first kappa shape index (κ1) is 13.6. The summed E-state index contributed by atoms with van der Waals surface area (Å²) in [5.74, 6) is 1.50. The highest BCUT2D eigenvalue weighted by molar-refractivity contribution is 8.00. The number of hydrogen-bond acceptors (Lipinski definition) is 6. The Morgan fingerprint density at radius 1 is 1.35 bits per heavy atom. The average molecular weight is 324 g/mol. The van der Waals surface area contributed by atoms with E-state index in [4.69, 9.17) is 16.3 Å². The van der Waals surface area contributed by atoms with Crippen molar-refractivity contribution in [3.63, 3.8) is 0 Å². The Balaban J connectivity index is 1.89. The quantitative estimate of drug-likeness (QED) is 0.535. The van der Waals surface area contributed by atoms with E-state index >= 15 is 0 Å². The smallest absolute Gasteiger partial charge is 0.174 e. The van der Waals surface area contributed by atoms with Gasteiger partial charge in [0.05, 0.1) is 12.6 Å². The number of benzene rings is 1. The second-order valence-electron chi connectivity index (χ2n) is 3.99. The minimum atomic E-state index is 0.516. The average Bonchev–Trinajstić information content (AvgIpc) is 2.97. The van der Waals surface area contributed by atoms with Crippen molar-refractivity contribution in [2.45, 2.75) is 10.1 Å². The van der Waals surface area contributed by atoms with Crippen molar-refractivity contribution in [1.82, 2.24) is 15.2 Å². The highest BCUT2D eigenvalue weighted by Crippen LogP contribution is 2.29. The molecule has 2 heterocycles. The summed E-state index contributed by atoms with van der Waals surface area (Å²) in [7, 11) is 1.63. The number of fused-ring (bicyclic) bond motifs is 1. The molecule has 2 aromatic heterocycles. The topological polar surface area (TPSA) is 47.9 Å². The van der Waals surface area contributed by atoms with E-state index in [2.05, 4.69) is 21.2 Å². The lowest BCUT2D eigenvalue weighted by Crippen LogP contribution is -1.90. The molecular weight excluding hydrogens is 314 g/mol. The van der Waals surface area contributed by atoms with Crippen LogP contribution in [0.25, 0.3) is 10.9 Å². The molecule has 0 saturated carbocycles. The van der Waals surface area contributed by atoms with Gasteiger partial charge in [-0.2, -0.15) is 0 Å². The van der Waals surface area contributed by atoms with Crippen LogP contribution in [0.1, 0.15) is 5.56 Å². The first-order valence-corrected chi connectivity index (χ1v) is 8.03. The van der Waals surface area contributed by atoms with Crippen molar-refractivity contribution in [3.05, 3.63) is 40.5 Å². The molecule has 20 heavy (non-hydrogen) atoms. The van der Waals surface area contributed by atoms with Gasteiger partial charge < -0.3 is 4.74 Å². The lowest BCUT2D eigenvalue weighted by Gasteiger charge is -2.06. The van der Waals surface area contributed by atoms with Crippen molar-refractivity contribution in [1.29, 1.82) is 0 Å². The molecule has 4 nitrogen and oxygen atoms in total. The monoisotopic (exact) mass is 323 g/mol. The van der Waals surface area contributed by atoms with Crippen molar-refractivity contribution < 1.29 is 4.74 Å². The van der Waals surface area contributed by atoms with Crippen LogP contribution in [0.15, 0.2) is 34.1 Å². The Labute approximate surface area is 129 Å². The van der Waals surface area contributed by atoms with Crippen LogP contribution in [0.2, 0.25) is 5.15 Å². The van der Waals surface area contributed by atoms with Crippen LogP contribution in [0.5, 0.6) is 5.75 Å². The third-order valence-corrected chi connectivity index (χ3v) is 4.98. The van der Waals surface area contributed by atoms with Crippen LogP contribution in [-0.4, -0.2) is 22.3 Å². The van der Waals surface area contributed by atoms with Gasteiger partial charge >= 0.3 is 0 Å². The van der Waals surface area contributed by atoms with E-state index in [1.54, 1.807) is 24.4 Å². The fraction of sp³-hybridized carbons (Fsp3) is 0.154. The maximum Gasteiger partial charge on any atom is 0.174 e. The van der Waals surface area contributed by atoms with Gasteiger partial charge in [-0.1, -0.05) is 34.7 Å². The van der Waals surface area contributed by atoms with Crippen LogP contribution < -0.4 is 4.74 Å². The Hall–Kier alpha value is -1.37. The van der Waals surface area contributed by atoms with Gasteiger partial charge in [-0.05, 0) is 18.2 Å². The predicted octanol–water partition coefficient (Wildman–Crippen LogP) is 4.04. The minimum Gasteiger partial charge on any atom is -0.497 e. The van der Waals surface area contributed by atoms with Gasteiger partial charge in [0, 0.05) is 22.8 Å². The molecule has 0 spiro atoms. The fourth-order valence-electron chi connectivity index (χ4n) is 1.76. The van der Waals surface area contributed by atoms with E-state index < -0.39 is 0 Å². The summed E-state index contributed by atoms with van der Waals surface area (Å²) < 4.78 is 6.11. The van der Waals surface area contributed by atoms with Gasteiger partial charge in [-0.25, -0.2) is 4.98 Å². The molecule has 0 atom stereocenters. The normalized spacial score (nSPS) is 10.9. The van der Waals surface area contributed by atoms with Crippen molar-refractivity contribution in [2.24, 2.45) is 0 Å². The van der Waals surface area contributed by atoms with Gasteiger partial charge in [0.2, 0.25) is 0 Å². The summed E-state index contributed by atoms with van der Waals surface area (Å²) in [6.07, 6.45) is 0. The second-order valence-corrected chi connectivity index (χ2v) is 6.40. The molecule has 0 amide bonds. The van der Waals surface area contributed by atoms with E-state index in [0.29, 0.717) is 5.15 Å². The van der Waals surface area contributed by atoms with Crippen molar-refractivity contribution in [3.8, 4) is 5.75 Å². The number of halogens is 1. The maximum absolute atomic E-state index is 6.24. The van der Waals surface area contributed by atoms with Crippen LogP contribution in [0, 0.1) is 0 Å². The fourth-order valence-corrected chi connectivity index (χ4v) is 3.51. The van der Waals surface area contributed by atoms with E-state index in [9.17, 15) is 0 Å². The number of rotatable bonds is 4. The van der Waals surface area contributed by atoms with Gasteiger partial charge in [0.15, 0.2) is 4.34 Å². The number of hydrogen-bond donors (Lipinski definition) is 0. The van der Waals surface area contributed by atoms with Crippen molar-refractivity contribution >= 4 is 45.6 Å². The summed E-state index contributed by atoms with van der Waals surface area (Å²) in [5, 5.41) is 9.37. The Bertz CT molecular complexity index is 734. The third-order valence-electron chi connectivity index (χ3n) is 2.74. The van der Waals surface area contributed by atoms with Gasteiger partial charge in [0.25, 0.3) is 0 Å². The Kier molecular flexibility index (Phi) is 4.05. The molecule has 0 aliphatic heterocycles. The van der Waals surface area contributed by atoms with Crippen LogP contribution in [0.4, 0.5) is 0 Å². The lowest BCUT2D eigenvalue weighted by atomic mass is 10.1. The zero-order valence-electron chi connectivity index (χ0n) is 10.5. The number of aromatic nitrogens is 3. The molecule has 102 valence electrons. The first-order valence-electron chi connectivity index (χ1n) is 5.78. The summed E-state index contributed by atoms with van der Waals surface area (Å²) in [4.78, 5) is 4.42. The highest BCUT2D eigenvalue weighted by Gasteiger charge is 2.08. The van der Waals surface area contributed by atoms with Crippen LogP contribution in [0.3, 0.4) is 0 Å². The first-order chi connectivity index (χ1) is 9.76. The number of methoxy groups -OCH3 is 1. The molecule has 0 radical (unpaired) electrons. The maximum atomic E-state index is 6.24. The third kappa shape index (κ3) is 2.87. The molecule has 1 aromatic carbocycles. The Morgan fingerprint density at radius 3 is 3.00 bits per heavy atom. The summed E-state index contributed by atoms with van der Waals surface area (Å²) in [6.45, 7) is 0. The van der Waals surface area contributed by atoms with Gasteiger partial charge in [-0.3, -0.25) is 0 Å². The zero-order valence-corrected chi connectivity index (χ0v) is 12.9. The summed E-state index contributed by atoms with van der Waals surface area (Å²) >= 11 is 9.36. The van der Waals surface area contributed by atoms with Crippen molar-refractivity contribution in [2.75, 3.05) is 7.11 Å². The molecule has 0 fully saturated rings. The van der Waals surface area contributed by atoms with Gasteiger partial charge in [-0.15, -0.1) is 10.2 Å². The van der Waals surface area contributed by atoms with E-state index in [1.165, 1.54) is 11.3 Å². The minimum absolute atomic E-state index is 0.516. The second kappa shape index (κ2) is 5.95. The van der Waals surface area contributed by atoms with E-state index in [-0.39, 0.29) is 0 Å². The standard InChI is InChI=1S/C13H10ClN3OS2/c1-18-10-3-2-8-4-9(12(14)16-11(8)5-10)6-19-13-17-15-7-20-13/h2-5,7H,6H2,1H3. The molecule has 0 saturated heterocycles. The Morgan fingerprint density at radius 2 is 2.25 bits per heavy atom. The zero-order chi connectivity index (χ0) is 13.9. The molecule has 0 N–H and O–H groups in total. The van der Waals surface area contributed by atoms with Crippen LogP contribution in [-0.2, 0) is 5.75 Å². The number of pyridine rings is 1. The van der Waals surface area contributed by atoms with E-state index in [0.717, 1.165) is 32.3 Å². The number of nitrogens with zero attached hydrogens (tertiary/aromatic N) is 3. The summed E-state index contributed by atoms with van der Waals surface area (Å²) in [6, 6.07) is 7.83. The largest absolute Gasteiger partial charge is 0.497 e. The van der Waals surface area contributed by atoms with Gasteiger partial charge in [0.1, 0.15) is 16.4 Å². The summed E-state index contributed by atoms with van der Waals surface area (Å²) in [5.41, 5.74) is 3.54. The molecule has 7 heteroatoms. The molecule has 3 aromatic rings. The molecular formula is C13H10ClN3OS2. The predicted molar refractivity (Wildman–Crippen MR) is 82.8 cm³/mol. The van der Waals surface area contributed by atoms with E-state index in [1.807, 2.05) is 18.2 Å². The highest BCUT2D eigenvalue weighted by atomic mass is 35.5. The molecule has 0 aliphatic rings. The number of ether oxygens (including phenoxy) is 1. The lowest BCUT2D eigenvalue weighted by molar-refractivity contribution is 0.415. The number of thioether (sulfide) groups is 1. The molecule has 0 bridgehead atoms. The SMILES string of the molecule is COc1ccc2cc(CSc3nncs3)c(Cl)nc2c1. The van der Waals surface area contributed by atoms with Crippen LogP contribution >= 0.6 is 34.7 Å². The molecule has 0 aliphatic carbocycles.